The van der Waals surface area contributed by atoms with Crippen LogP contribution < -0.4 is 5.32 Å². The van der Waals surface area contributed by atoms with Gasteiger partial charge in [-0.2, -0.15) is 10.4 Å². The Labute approximate surface area is 102 Å². The second-order valence-electron chi connectivity index (χ2n) is 3.98. The Bertz CT molecular complexity index is 457. The van der Waals surface area contributed by atoms with Crippen molar-refractivity contribution < 1.29 is 0 Å². The molecule has 0 amide bonds. The molecule has 0 atom stereocenters. The molecule has 0 saturated carbocycles. The molecule has 17 heavy (non-hydrogen) atoms. The number of hydrogen-bond acceptors (Lipinski definition) is 4. The van der Waals surface area contributed by atoms with Gasteiger partial charge >= 0.3 is 0 Å². The van der Waals surface area contributed by atoms with Crippen LogP contribution in [-0.4, -0.2) is 16.7 Å². The van der Waals surface area contributed by atoms with Crippen molar-refractivity contribution in [2.45, 2.75) is 33.6 Å². The SMILES string of the molecule is C=C(C)CNc1nnc(CC)c(CC)c1C#N. The zero-order valence-electron chi connectivity index (χ0n) is 10.7. The first kappa shape index (κ1) is 13.2. The summed E-state index contributed by atoms with van der Waals surface area (Å²) in [5, 5.41) is 20.6. The van der Waals surface area contributed by atoms with E-state index < -0.39 is 0 Å². The van der Waals surface area contributed by atoms with Crippen LogP contribution in [0.4, 0.5) is 5.82 Å². The van der Waals surface area contributed by atoms with Crippen LogP contribution in [0.3, 0.4) is 0 Å². The maximum Gasteiger partial charge on any atom is 0.167 e. The summed E-state index contributed by atoms with van der Waals surface area (Å²) < 4.78 is 0. The lowest BCUT2D eigenvalue weighted by Gasteiger charge is -2.11. The molecule has 0 aromatic carbocycles. The van der Waals surface area contributed by atoms with Gasteiger partial charge in [0.1, 0.15) is 11.6 Å². The molecule has 4 heteroatoms. The summed E-state index contributed by atoms with van der Waals surface area (Å²) in [5.74, 6) is 0.560. The molecule has 4 nitrogen and oxygen atoms in total. The van der Waals surface area contributed by atoms with Crippen molar-refractivity contribution in [3.63, 3.8) is 0 Å². The van der Waals surface area contributed by atoms with E-state index >= 15 is 0 Å². The Morgan fingerprint density at radius 2 is 2.06 bits per heavy atom. The molecule has 0 saturated heterocycles. The summed E-state index contributed by atoms with van der Waals surface area (Å²) in [4.78, 5) is 0. The van der Waals surface area contributed by atoms with Gasteiger partial charge in [0, 0.05) is 6.54 Å². The van der Waals surface area contributed by atoms with E-state index in [1.54, 1.807) is 0 Å². The van der Waals surface area contributed by atoms with Gasteiger partial charge in [-0.1, -0.05) is 26.0 Å². The average Bonchev–Trinajstić information content (AvgIpc) is 2.34. The summed E-state index contributed by atoms with van der Waals surface area (Å²) in [6.45, 7) is 10.4. The monoisotopic (exact) mass is 230 g/mol. The van der Waals surface area contributed by atoms with Crippen LogP contribution in [0.15, 0.2) is 12.2 Å². The number of rotatable bonds is 5. The van der Waals surface area contributed by atoms with E-state index in [1.165, 1.54) is 0 Å². The first-order valence-electron chi connectivity index (χ1n) is 5.80. The van der Waals surface area contributed by atoms with E-state index in [4.69, 9.17) is 0 Å². The van der Waals surface area contributed by atoms with E-state index in [1.807, 2.05) is 20.8 Å². The maximum atomic E-state index is 9.24. The molecule has 0 spiro atoms. The molecule has 0 fully saturated rings. The second-order valence-corrected chi connectivity index (χ2v) is 3.98. The highest BCUT2D eigenvalue weighted by Crippen LogP contribution is 2.19. The summed E-state index contributed by atoms with van der Waals surface area (Å²) in [5.41, 5.74) is 3.51. The minimum atomic E-state index is 0.560. The molecule has 1 aromatic rings. The van der Waals surface area contributed by atoms with Crippen molar-refractivity contribution in [1.82, 2.24) is 10.2 Å². The van der Waals surface area contributed by atoms with Crippen molar-refractivity contribution in [3.05, 3.63) is 29.0 Å². The number of hydrogen-bond donors (Lipinski definition) is 1. The van der Waals surface area contributed by atoms with Crippen LogP contribution in [0.5, 0.6) is 0 Å². The van der Waals surface area contributed by atoms with Crippen LogP contribution in [-0.2, 0) is 12.8 Å². The molecule has 1 heterocycles. The van der Waals surface area contributed by atoms with Crippen LogP contribution in [0, 0.1) is 11.3 Å². The van der Waals surface area contributed by atoms with Crippen molar-refractivity contribution in [1.29, 1.82) is 5.26 Å². The van der Waals surface area contributed by atoms with Crippen LogP contribution in [0.2, 0.25) is 0 Å². The van der Waals surface area contributed by atoms with E-state index in [2.05, 4.69) is 28.2 Å². The molecule has 0 bridgehead atoms. The van der Waals surface area contributed by atoms with Gasteiger partial charge in [-0.15, -0.1) is 5.10 Å². The third-order valence-corrected chi connectivity index (χ3v) is 2.52. The molecule has 1 aromatic heterocycles. The summed E-state index contributed by atoms with van der Waals surface area (Å²) in [7, 11) is 0. The lowest BCUT2D eigenvalue weighted by molar-refractivity contribution is 0.872. The molecule has 0 aliphatic heterocycles. The Morgan fingerprint density at radius 3 is 2.53 bits per heavy atom. The Morgan fingerprint density at radius 1 is 1.35 bits per heavy atom. The molecule has 1 N–H and O–H groups in total. The van der Waals surface area contributed by atoms with Gasteiger partial charge in [0.25, 0.3) is 0 Å². The highest BCUT2D eigenvalue weighted by atomic mass is 15.2. The van der Waals surface area contributed by atoms with Gasteiger partial charge < -0.3 is 5.32 Å². The number of aromatic nitrogens is 2. The van der Waals surface area contributed by atoms with Crippen LogP contribution >= 0.6 is 0 Å². The second kappa shape index (κ2) is 6.00. The lowest BCUT2D eigenvalue weighted by atomic mass is 10.0. The van der Waals surface area contributed by atoms with Gasteiger partial charge in [0.05, 0.1) is 5.69 Å². The number of nitrogens with zero attached hydrogens (tertiary/aromatic N) is 3. The predicted molar refractivity (Wildman–Crippen MR) is 68.8 cm³/mol. The number of aryl methyl sites for hydroxylation is 1. The number of anilines is 1. The number of nitriles is 1. The van der Waals surface area contributed by atoms with E-state index in [-0.39, 0.29) is 0 Å². The normalized spacial score (nSPS) is 9.76. The third-order valence-electron chi connectivity index (χ3n) is 2.52. The molecule has 0 aliphatic carbocycles. The topological polar surface area (TPSA) is 61.6 Å². The highest BCUT2D eigenvalue weighted by molar-refractivity contribution is 5.56. The standard InChI is InChI=1S/C13H18N4/c1-5-10-11(7-14)13(15-8-9(3)4)17-16-12(10)6-2/h3,5-6,8H2,1-2,4H3,(H,15,17). The Kier molecular flexibility index (Phi) is 4.65. The van der Waals surface area contributed by atoms with Crippen LogP contribution in [0.1, 0.15) is 37.6 Å². The molecule has 1 rings (SSSR count). The summed E-state index contributed by atoms with van der Waals surface area (Å²) in [6, 6.07) is 2.22. The fourth-order valence-corrected chi connectivity index (χ4v) is 1.65. The van der Waals surface area contributed by atoms with Crippen molar-refractivity contribution in [3.8, 4) is 6.07 Å². The molecular formula is C13H18N4. The van der Waals surface area contributed by atoms with Crippen LogP contribution in [0.25, 0.3) is 0 Å². The minimum absolute atomic E-state index is 0.560. The van der Waals surface area contributed by atoms with Crippen molar-refractivity contribution in [2.75, 3.05) is 11.9 Å². The van der Waals surface area contributed by atoms with Crippen molar-refractivity contribution in [2.24, 2.45) is 0 Å². The molecule has 90 valence electrons. The first-order valence-corrected chi connectivity index (χ1v) is 5.80. The van der Waals surface area contributed by atoms with Crippen molar-refractivity contribution >= 4 is 5.82 Å². The lowest BCUT2D eigenvalue weighted by Crippen LogP contribution is -2.11. The zero-order valence-corrected chi connectivity index (χ0v) is 10.7. The van der Waals surface area contributed by atoms with E-state index in [0.29, 0.717) is 17.9 Å². The fourth-order valence-electron chi connectivity index (χ4n) is 1.65. The quantitative estimate of drug-likeness (QED) is 0.789. The van der Waals surface area contributed by atoms with Gasteiger partial charge in [0.15, 0.2) is 5.82 Å². The molecule has 0 radical (unpaired) electrons. The number of nitrogens with one attached hydrogen (secondary N) is 1. The molecule has 0 aliphatic rings. The predicted octanol–water partition coefficient (Wildman–Crippen LogP) is 2.46. The smallest absolute Gasteiger partial charge is 0.167 e. The van der Waals surface area contributed by atoms with E-state index in [9.17, 15) is 5.26 Å². The molecule has 0 unspecified atom stereocenters. The minimum Gasteiger partial charge on any atom is -0.364 e. The Balaban J connectivity index is 3.15. The van der Waals surface area contributed by atoms with Gasteiger partial charge in [-0.3, -0.25) is 0 Å². The third kappa shape index (κ3) is 3.04. The fraction of sp³-hybridized carbons (Fsp3) is 0.462. The first-order chi connectivity index (χ1) is 8.13. The summed E-state index contributed by atoms with van der Waals surface area (Å²) >= 11 is 0. The van der Waals surface area contributed by atoms with E-state index in [0.717, 1.165) is 29.7 Å². The van der Waals surface area contributed by atoms with Gasteiger partial charge in [0.2, 0.25) is 0 Å². The Hall–Kier alpha value is -1.89. The highest BCUT2D eigenvalue weighted by Gasteiger charge is 2.13. The average molecular weight is 230 g/mol. The zero-order chi connectivity index (χ0) is 12.8. The molecular weight excluding hydrogens is 212 g/mol. The van der Waals surface area contributed by atoms with Gasteiger partial charge in [-0.25, -0.2) is 0 Å². The van der Waals surface area contributed by atoms with Gasteiger partial charge in [-0.05, 0) is 25.3 Å². The summed E-state index contributed by atoms with van der Waals surface area (Å²) in [6.07, 6.45) is 1.59. The maximum absolute atomic E-state index is 9.24. The largest absolute Gasteiger partial charge is 0.364 e.